The number of rotatable bonds is 3. The minimum absolute atomic E-state index is 0.000720. The Balaban J connectivity index is 2.53. The van der Waals surface area contributed by atoms with E-state index in [9.17, 15) is 8.78 Å². The summed E-state index contributed by atoms with van der Waals surface area (Å²) < 4.78 is 28.4. The first-order valence-electron chi connectivity index (χ1n) is 5.60. The second-order valence-corrected chi connectivity index (χ2v) is 5.29. The first kappa shape index (κ1) is 14.4. The Morgan fingerprint density at radius 1 is 1.16 bits per heavy atom. The highest BCUT2D eigenvalue weighted by Gasteiger charge is 2.20. The fourth-order valence-corrected chi connectivity index (χ4v) is 2.47. The van der Waals surface area contributed by atoms with Crippen molar-refractivity contribution in [1.29, 1.82) is 0 Å². The highest BCUT2D eigenvalue weighted by atomic mass is 79.9. The summed E-state index contributed by atoms with van der Waals surface area (Å²) in [6.45, 7) is 0. The zero-order valence-corrected chi connectivity index (χ0v) is 12.4. The molecule has 1 N–H and O–H groups in total. The van der Waals surface area contributed by atoms with E-state index in [1.807, 2.05) is 0 Å². The van der Waals surface area contributed by atoms with Crippen molar-refractivity contribution in [3.05, 3.63) is 68.7 Å². The fraction of sp³-hybridized carbons (Fsp3) is 0.143. The Hall–Kier alpha value is -0.970. The van der Waals surface area contributed by atoms with Crippen molar-refractivity contribution in [1.82, 2.24) is 5.32 Å². The van der Waals surface area contributed by atoms with E-state index in [-0.39, 0.29) is 5.56 Å². The van der Waals surface area contributed by atoms with E-state index in [1.165, 1.54) is 18.2 Å². The van der Waals surface area contributed by atoms with Gasteiger partial charge in [0, 0.05) is 10.0 Å². The zero-order valence-electron chi connectivity index (χ0n) is 10.1. The van der Waals surface area contributed by atoms with Crippen LogP contribution in [0.5, 0.6) is 0 Å². The molecular weight excluding hydrogens is 336 g/mol. The molecule has 1 unspecified atom stereocenters. The normalized spacial score (nSPS) is 12.5. The van der Waals surface area contributed by atoms with Crippen LogP contribution in [0.3, 0.4) is 0 Å². The molecule has 0 saturated heterocycles. The molecule has 19 heavy (non-hydrogen) atoms. The van der Waals surface area contributed by atoms with Gasteiger partial charge >= 0.3 is 0 Å². The van der Waals surface area contributed by atoms with E-state index in [4.69, 9.17) is 11.6 Å². The van der Waals surface area contributed by atoms with Crippen molar-refractivity contribution in [2.45, 2.75) is 6.04 Å². The maximum absolute atomic E-state index is 13.8. The number of nitrogens with one attached hydrogen (secondary N) is 1. The molecule has 0 aromatic heterocycles. The van der Waals surface area contributed by atoms with Crippen LogP contribution in [0, 0.1) is 11.6 Å². The van der Waals surface area contributed by atoms with Gasteiger partial charge in [0.25, 0.3) is 0 Å². The Kier molecular flexibility index (Phi) is 4.55. The molecule has 1 atom stereocenters. The van der Waals surface area contributed by atoms with Gasteiger partial charge in [-0.25, -0.2) is 8.78 Å². The predicted molar refractivity (Wildman–Crippen MR) is 76.4 cm³/mol. The fourth-order valence-electron chi connectivity index (χ4n) is 1.96. The first-order chi connectivity index (χ1) is 9.04. The lowest BCUT2D eigenvalue weighted by Crippen LogP contribution is -2.20. The molecule has 0 aliphatic carbocycles. The third kappa shape index (κ3) is 2.96. The molecule has 100 valence electrons. The molecule has 0 fully saturated rings. The Morgan fingerprint density at radius 2 is 1.79 bits per heavy atom. The molecule has 0 amide bonds. The molecule has 2 aromatic rings. The largest absolute Gasteiger partial charge is 0.309 e. The van der Waals surface area contributed by atoms with Gasteiger partial charge in [-0.1, -0.05) is 23.7 Å². The maximum atomic E-state index is 13.8. The number of hydrogen-bond donors (Lipinski definition) is 1. The first-order valence-corrected chi connectivity index (χ1v) is 6.77. The lowest BCUT2D eigenvalue weighted by atomic mass is 9.98. The minimum Gasteiger partial charge on any atom is -0.309 e. The predicted octanol–water partition coefficient (Wildman–Crippen LogP) is 4.69. The van der Waals surface area contributed by atoms with Crippen LogP contribution in [0.2, 0.25) is 5.02 Å². The molecular formula is C14H11BrClF2N. The third-order valence-electron chi connectivity index (χ3n) is 2.85. The topological polar surface area (TPSA) is 12.0 Å². The molecule has 0 aliphatic rings. The van der Waals surface area contributed by atoms with Gasteiger partial charge in [-0.2, -0.15) is 0 Å². The molecule has 0 saturated carbocycles. The number of hydrogen-bond acceptors (Lipinski definition) is 1. The van der Waals surface area contributed by atoms with E-state index in [0.717, 1.165) is 5.56 Å². The van der Waals surface area contributed by atoms with Crippen LogP contribution >= 0.6 is 27.5 Å². The second kappa shape index (κ2) is 5.99. The second-order valence-electron chi connectivity index (χ2n) is 4.03. The summed E-state index contributed by atoms with van der Waals surface area (Å²) in [5.74, 6) is -1.16. The summed E-state index contributed by atoms with van der Waals surface area (Å²) in [5.41, 5.74) is 0.724. The third-order valence-corrected chi connectivity index (χ3v) is 4.07. The van der Waals surface area contributed by atoms with E-state index in [1.54, 1.807) is 25.2 Å². The smallest absolute Gasteiger partial charge is 0.131 e. The van der Waals surface area contributed by atoms with Gasteiger partial charge in [0.2, 0.25) is 0 Å². The average Bonchev–Trinajstić information content (AvgIpc) is 2.37. The van der Waals surface area contributed by atoms with Crippen molar-refractivity contribution < 1.29 is 8.78 Å². The van der Waals surface area contributed by atoms with Gasteiger partial charge in [0.15, 0.2) is 0 Å². The molecule has 0 aliphatic heterocycles. The maximum Gasteiger partial charge on any atom is 0.131 e. The van der Waals surface area contributed by atoms with E-state index in [0.29, 0.717) is 9.50 Å². The van der Waals surface area contributed by atoms with Crippen LogP contribution in [-0.4, -0.2) is 7.05 Å². The highest BCUT2D eigenvalue weighted by Crippen LogP contribution is 2.31. The molecule has 0 spiro atoms. The Labute approximate surface area is 123 Å². The summed E-state index contributed by atoms with van der Waals surface area (Å²) in [7, 11) is 1.65. The minimum atomic E-state index is -0.578. The van der Waals surface area contributed by atoms with Crippen LogP contribution < -0.4 is 5.32 Å². The molecule has 0 heterocycles. The van der Waals surface area contributed by atoms with Gasteiger partial charge in [0.1, 0.15) is 11.6 Å². The molecule has 1 nitrogen and oxygen atoms in total. The van der Waals surface area contributed by atoms with Gasteiger partial charge in [-0.15, -0.1) is 0 Å². The average molecular weight is 347 g/mol. The van der Waals surface area contributed by atoms with Crippen molar-refractivity contribution >= 4 is 27.5 Å². The summed E-state index contributed by atoms with van der Waals surface area (Å²) in [6, 6.07) is 8.43. The lowest BCUT2D eigenvalue weighted by Gasteiger charge is -2.19. The lowest BCUT2D eigenvalue weighted by molar-refractivity contribution is 0.522. The van der Waals surface area contributed by atoms with E-state index in [2.05, 4.69) is 21.2 Å². The monoisotopic (exact) mass is 345 g/mol. The highest BCUT2D eigenvalue weighted by molar-refractivity contribution is 9.10. The zero-order chi connectivity index (χ0) is 14.0. The summed E-state index contributed by atoms with van der Waals surface area (Å²) in [6.07, 6.45) is 0. The van der Waals surface area contributed by atoms with E-state index < -0.39 is 17.7 Å². The van der Waals surface area contributed by atoms with E-state index >= 15 is 0 Å². The molecule has 2 aromatic carbocycles. The van der Waals surface area contributed by atoms with Gasteiger partial charge in [0.05, 0.1) is 11.1 Å². The number of benzene rings is 2. The summed E-state index contributed by atoms with van der Waals surface area (Å²) in [5, 5.41) is 3.47. The van der Waals surface area contributed by atoms with Crippen molar-refractivity contribution in [2.75, 3.05) is 7.05 Å². The van der Waals surface area contributed by atoms with Gasteiger partial charge in [-0.3, -0.25) is 0 Å². The molecule has 2 rings (SSSR count). The van der Waals surface area contributed by atoms with Crippen LogP contribution in [-0.2, 0) is 0 Å². The van der Waals surface area contributed by atoms with Crippen LogP contribution in [0.25, 0.3) is 0 Å². The van der Waals surface area contributed by atoms with Crippen molar-refractivity contribution in [2.24, 2.45) is 0 Å². The molecule has 0 radical (unpaired) electrons. The van der Waals surface area contributed by atoms with Crippen LogP contribution in [0.1, 0.15) is 17.2 Å². The number of halogens is 4. The summed E-state index contributed by atoms with van der Waals surface area (Å²) in [4.78, 5) is 0. The summed E-state index contributed by atoms with van der Waals surface area (Å²) >= 11 is 9.23. The molecule has 5 heteroatoms. The van der Waals surface area contributed by atoms with Gasteiger partial charge < -0.3 is 5.32 Å². The Bertz CT molecular complexity index is 584. The van der Waals surface area contributed by atoms with Gasteiger partial charge in [-0.05, 0) is 52.8 Å². The Morgan fingerprint density at radius 3 is 2.32 bits per heavy atom. The molecule has 0 bridgehead atoms. The van der Waals surface area contributed by atoms with Crippen molar-refractivity contribution in [3.8, 4) is 0 Å². The van der Waals surface area contributed by atoms with Crippen LogP contribution in [0.4, 0.5) is 8.78 Å². The van der Waals surface area contributed by atoms with Crippen LogP contribution in [0.15, 0.2) is 40.9 Å². The SMILES string of the molecule is CNC(c1ccc(Cl)c(Br)c1)c1c(F)cccc1F. The quantitative estimate of drug-likeness (QED) is 0.850. The standard InChI is InChI=1S/C14H11BrClF2N/c1-19-14(8-5-6-10(16)9(15)7-8)13-11(17)3-2-4-12(13)18/h2-7,14,19H,1H3. The van der Waals surface area contributed by atoms with Crippen molar-refractivity contribution in [3.63, 3.8) is 0 Å².